The zero-order valence-corrected chi connectivity index (χ0v) is 16.7. The van der Waals surface area contributed by atoms with Gasteiger partial charge in [-0.3, -0.25) is 9.59 Å². The maximum atomic E-state index is 12.7. The highest BCUT2D eigenvalue weighted by atomic mass is 16.5. The lowest BCUT2D eigenvalue weighted by Gasteiger charge is -2.38. The number of methoxy groups -OCH3 is 1. The second-order valence-electron chi connectivity index (χ2n) is 6.78. The molecule has 2 aromatic rings. The van der Waals surface area contributed by atoms with Gasteiger partial charge in [0.1, 0.15) is 12.4 Å². The van der Waals surface area contributed by atoms with Crippen LogP contribution in [0.2, 0.25) is 0 Å². The molecule has 7 nitrogen and oxygen atoms in total. The standard InChI is InChI=1S/C22H26N2O5/c1-24-19(25)15-29-21(20(24)17-6-4-3-5-7-17)22(26)23-12-13-28-14-16-8-10-18(27-2)11-9-16/h3-11,20-21H,12-15H2,1-2H3,(H,23,26)/t20-,21-/m0/s1. The van der Waals surface area contributed by atoms with Crippen molar-refractivity contribution >= 4 is 11.8 Å². The van der Waals surface area contributed by atoms with Crippen LogP contribution in [0.3, 0.4) is 0 Å². The Morgan fingerprint density at radius 2 is 1.90 bits per heavy atom. The molecular weight excluding hydrogens is 372 g/mol. The van der Waals surface area contributed by atoms with Gasteiger partial charge in [-0.25, -0.2) is 0 Å². The molecule has 1 saturated heterocycles. The number of nitrogens with zero attached hydrogens (tertiary/aromatic N) is 1. The molecule has 2 amide bonds. The summed E-state index contributed by atoms with van der Waals surface area (Å²) >= 11 is 0. The number of carbonyl (C=O) groups excluding carboxylic acids is 2. The van der Waals surface area contributed by atoms with Crippen LogP contribution in [0.1, 0.15) is 17.2 Å². The van der Waals surface area contributed by atoms with Gasteiger partial charge in [0.05, 0.1) is 26.4 Å². The zero-order chi connectivity index (χ0) is 20.6. The van der Waals surface area contributed by atoms with Crippen molar-refractivity contribution in [2.45, 2.75) is 18.8 Å². The first-order chi connectivity index (χ1) is 14.1. The maximum absolute atomic E-state index is 12.7. The Bertz CT molecular complexity index is 810. The molecule has 3 rings (SSSR count). The van der Waals surface area contributed by atoms with Gasteiger partial charge in [-0.2, -0.15) is 0 Å². The molecule has 1 heterocycles. The van der Waals surface area contributed by atoms with Gasteiger partial charge in [0.25, 0.3) is 5.91 Å². The van der Waals surface area contributed by atoms with Crippen molar-refractivity contribution in [3.05, 3.63) is 65.7 Å². The molecule has 0 unspecified atom stereocenters. The lowest BCUT2D eigenvalue weighted by atomic mass is 9.97. The maximum Gasteiger partial charge on any atom is 0.251 e. The summed E-state index contributed by atoms with van der Waals surface area (Å²) in [6.07, 6.45) is -0.762. The fourth-order valence-corrected chi connectivity index (χ4v) is 3.24. The number of ether oxygens (including phenoxy) is 3. The van der Waals surface area contributed by atoms with Crippen molar-refractivity contribution in [2.75, 3.05) is 33.9 Å². The molecule has 0 aliphatic carbocycles. The van der Waals surface area contributed by atoms with E-state index in [-0.39, 0.29) is 18.4 Å². The topological polar surface area (TPSA) is 77.1 Å². The lowest BCUT2D eigenvalue weighted by molar-refractivity contribution is -0.162. The van der Waals surface area contributed by atoms with Crippen LogP contribution in [0, 0.1) is 0 Å². The molecule has 0 radical (unpaired) electrons. The highest BCUT2D eigenvalue weighted by molar-refractivity contribution is 5.86. The summed E-state index contributed by atoms with van der Waals surface area (Å²) in [6, 6.07) is 16.6. The Balaban J connectivity index is 1.50. The van der Waals surface area contributed by atoms with Crippen molar-refractivity contribution in [3.8, 4) is 5.75 Å². The first-order valence-electron chi connectivity index (χ1n) is 9.50. The largest absolute Gasteiger partial charge is 0.497 e. The molecule has 1 aliphatic rings. The molecule has 0 spiro atoms. The van der Waals surface area contributed by atoms with Crippen molar-refractivity contribution in [1.82, 2.24) is 10.2 Å². The molecule has 1 N–H and O–H groups in total. The number of carbonyl (C=O) groups is 2. The third kappa shape index (κ3) is 5.34. The van der Waals surface area contributed by atoms with Crippen LogP contribution in [0.15, 0.2) is 54.6 Å². The number of rotatable bonds is 8. The first kappa shape index (κ1) is 20.8. The summed E-state index contributed by atoms with van der Waals surface area (Å²) < 4.78 is 16.3. The Kier molecular flexibility index (Phi) is 7.21. The Labute approximate surface area is 170 Å². The second kappa shape index (κ2) is 10.0. The van der Waals surface area contributed by atoms with Crippen LogP contribution < -0.4 is 10.1 Å². The van der Waals surface area contributed by atoms with Crippen molar-refractivity contribution in [3.63, 3.8) is 0 Å². The van der Waals surface area contributed by atoms with Crippen LogP contribution in [-0.4, -0.2) is 56.7 Å². The summed E-state index contributed by atoms with van der Waals surface area (Å²) in [4.78, 5) is 26.3. The third-order valence-corrected chi connectivity index (χ3v) is 4.86. The Morgan fingerprint density at radius 1 is 1.17 bits per heavy atom. The minimum Gasteiger partial charge on any atom is -0.497 e. The van der Waals surface area contributed by atoms with E-state index in [9.17, 15) is 9.59 Å². The second-order valence-corrected chi connectivity index (χ2v) is 6.78. The van der Waals surface area contributed by atoms with Gasteiger partial charge in [-0.05, 0) is 23.3 Å². The van der Waals surface area contributed by atoms with E-state index in [1.807, 2.05) is 54.6 Å². The van der Waals surface area contributed by atoms with Crippen LogP contribution in [0.5, 0.6) is 5.75 Å². The molecule has 0 aromatic heterocycles. The van der Waals surface area contributed by atoms with Crippen LogP contribution in [-0.2, 0) is 25.7 Å². The number of hydrogen-bond acceptors (Lipinski definition) is 5. The van der Waals surface area contributed by atoms with Crippen molar-refractivity contribution in [2.24, 2.45) is 0 Å². The predicted molar refractivity (Wildman–Crippen MR) is 107 cm³/mol. The van der Waals surface area contributed by atoms with Gasteiger partial charge in [0, 0.05) is 13.6 Å². The van der Waals surface area contributed by atoms with Gasteiger partial charge in [-0.15, -0.1) is 0 Å². The summed E-state index contributed by atoms with van der Waals surface area (Å²) in [5.74, 6) is 0.391. The Morgan fingerprint density at radius 3 is 2.59 bits per heavy atom. The molecule has 1 aliphatic heterocycles. The Hall–Kier alpha value is -2.90. The van der Waals surface area contributed by atoms with Gasteiger partial charge in [-0.1, -0.05) is 42.5 Å². The van der Waals surface area contributed by atoms with Crippen molar-refractivity contribution < 1.29 is 23.8 Å². The fraction of sp³-hybridized carbons (Fsp3) is 0.364. The lowest BCUT2D eigenvalue weighted by Crippen LogP contribution is -2.53. The number of benzene rings is 2. The summed E-state index contributed by atoms with van der Waals surface area (Å²) in [6.45, 7) is 1.07. The third-order valence-electron chi connectivity index (χ3n) is 4.86. The quantitative estimate of drug-likeness (QED) is 0.688. The highest BCUT2D eigenvalue weighted by Gasteiger charge is 2.39. The van der Waals surface area contributed by atoms with Gasteiger partial charge in [0.15, 0.2) is 6.10 Å². The van der Waals surface area contributed by atoms with E-state index in [1.165, 1.54) is 0 Å². The number of nitrogens with one attached hydrogen (secondary N) is 1. The monoisotopic (exact) mass is 398 g/mol. The SMILES string of the molecule is COc1ccc(COCCNC(=O)[C@H]2OCC(=O)N(C)[C@H]2c2ccccc2)cc1. The van der Waals surface area contributed by atoms with Crippen LogP contribution in [0.25, 0.3) is 0 Å². The van der Waals surface area contributed by atoms with E-state index in [0.29, 0.717) is 19.8 Å². The molecule has 2 aromatic carbocycles. The molecule has 7 heteroatoms. The number of amides is 2. The molecule has 29 heavy (non-hydrogen) atoms. The van der Waals surface area contributed by atoms with E-state index in [4.69, 9.17) is 14.2 Å². The number of morpholine rings is 1. The summed E-state index contributed by atoms with van der Waals surface area (Å²) in [5.41, 5.74) is 1.89. The minimum absolute atomic E-state index is 0.105. The van der Waals surface area contributed by atoms with E-state index < -0.39 is 12.1 Å². The minimum atomic E-state index is -0.762. The first-order valence-corrected chi connectivity index (χ1v) is 9.50. The smallest absolute Gasteiger partial charge is 0.251 e. The van der Waals surface area contributed by atoms with Gasteiger partial charge < -0.3 is 24.4 Å². The number of hydrogen-bond donors (Lipinski definition) is 1. The molecule has 1 fully saturated rings. The molecular formula is C22H26N2O5. The zero-order valence-electron chi connectivity index (χ0n) is 16.7. The van der Waals surface area contributed by atoms with E-state index in [2.05, 4.69) is 5.32 Å². The highest BCUT2D eigenvalue weighted by Crippen LogP contribution is 2.29. The summed E-state index contributed by atoms with van der Waals surface area (Å²) in [7, 11) is 3.32. The van der Waals surface area contributed by atoms with Crippen LogP contribution >= 0.6 is 0 Å². The van der Waals surface area contributed by atoms with E-state index in [1.54, 1.807) is 19.1 Å². The molecule has 2 atom stereocenters. The molecule has 154 valence electrons. The van der Waals surface area contributed by atoms with E-state index in [0.717, 1.165) is 16.9 Å². The normalized spacial score (nSPS) is 19.1. The van der Waals surface area contributed by atoms with Gasteiger partial charge >= 0.3 is 0 Å². The number of likely N-dealkylation sites (N-methyl/N-ethyl adjacent to an activating group) is 1. The fourth-order valence-electron chi connectivity index (χ4n) is 3.24. The average Bonchev–Trinajstić information content (AvgIpc) is 2.76. The van der Waals surface area contributed by atoms with Crippen LogP contribution in [0.4, 0.5) is 0 Å². The predicted octanol–water partition coefficient (Wildman–Crippen LogP) is 1.93. The van der Waals surface area contributed by atoms with Crippen molar-refractivity contribution in [1.29, 1.82) is 0 Å². The molecule has 0 bridgehead atoms. The van der Waals surface area contributed by atoms with Gasteiger partial charge in [0.2, 0.25) is 5.91 Å². The average molecular weight is 398 g/mol. The molecule has 0 saturated carbocycles. The summed E-state index contributed by atoms with van der Waals surface area (Å²) in [5, 5.41) is 2.85. The van der Waals surface area contributed by atoms with E-state index >= 15 is 0 Å².